The van der Waals surface area contributed by atoms with Crippen LogP contribution in [0.3, 0.4) is 0 Å². The summed E-state index contributed by atoms with van der Waals surface area (Å²) in [5, 5.41) is 4.14. The van der Waals surface area contributed by atoms with Gasteiger partial charge in [-0.2, -0.15) is 0 Å². The fourth-order valence-corrected chi connectivity index (χ4v) is 1.71. The van der Waals surface area contributed by atoms with E-state index in [1.165, 1.54) is 18.2 Å². The first-order valence-electron chi connectivity index (χ1n) is 5.04. The smallest absolute Gasteiger partial charge is 0.179 e. The summed E-state index contributed by atoms with van der Waals surface area (Å²) in [6.07, 6.45) is -1.21. The van der Waals surface area contributed by atoms with Gasteiger partial charge >= 0.3 is 0 Å². The fourth-order valence-electron chi connectivity index (χ4n) is 1.71. The average molecular weight is 211 g/mol. The lowest BCUT2D eigenvalue weighted by molar-refractivity contribution is 0.0688. The second kappa shape index (κ2) is 4.68. The van der Waals surface area contributed by atoms with Gasteiger partial charge in [0, 0.05) is 31.7 Å². The molecule has 0 saturated carbocycles. The zero-order chi connectivity index (χ0) is 10.7. The van der Waals surface area contributed by atoms with Crippen LogP contribution in [0, 0.1) is 5.82 Å². The molecule has 1 heterocycles. The minimum atomic E-state index is -1.21. The van der Waals surface area contributed by atoms with Gasteiger partial charge in [-0.15, -0.1) is 0 Å². The molecule has 15 heavy (non-hydrogen) atoms. The first-order chi connectivity index (χ1) is 7.27. The Balaban J connectivity index is 2.08. The molecule has 1 radical (unpaired) electrons. The Morgan fingerprint density at radius 1 is 1.27 bits per heavy atom. The summed E-state index contributed by atoms with van der Waals surface area (Å²) in [5.74, 6) is -0.392. The highest BCUT2D eigenvalue weighted by molar-refractivity contribution is 5.18. The number of rotatable bonds is 2. The molecule has 0 spiro atoms. The molecule has 0 aliphatic carbocycles. The normalized spacial score (nSPS) is 20.1. The van der Waals surface area contributed by atoms with Crippen LogP contribution in [0.4, 0.5) is 8.78 Å². The van der Waals surface area contributed by atoms with Crippen molar-refractivity contribution in [1.82, 2.24) is 10.2 Å². The van der Waals surface area contributed by atoms with Crippen LogP contribution in [0.25, 0.3) is 0 Å². The van der Waals surface area contributed by atoms with Crippen molar-refractivity contribution in [3.63, 3.8) is 0 Å². The van der Waals surface area contributed by atoms with E-state index in [1.54, 1.807) is 11.0 Å². The quantitative estimate of drug-likeness (QED) is 0.681. The van der Waals surface area contributed by atoms with Crippen molar-refractivity contribution in [2.75, 3.05) is 26.2 Å². The summed E-state index contributed by atoms with van der Waals surface area (Å²) in [5.41, 5.74) is 0.386. The third-order valence-corrected chi connectivity index (χ3v) is 2.53. The van der Waals surface area contributed by atoms with E-state index in [9.17, 15) is 8.78 Å². The summed E-state index contributed by atoms with van der Waals surface area (Å²) in [6.45, 7) is 2.54. The molecule has 1 aliphatic rings. The maximum Gasteiger partial charge on any atom is 0.179 e. The second-order valence-electron chi connectivity index (χ2n) is 3.60. The zero-order valence-electron chi connectivity index (χ0n) is 8.37. The molecular weight excluding hydrogens is 198 g/mol. The molecule has 1 fully saturated rings. The van der Waals surface area contributed by atoms with Crippen molar-refractivity contribution < 1.29 is 8.78 Å². The number of alkyl halides is 1. The SMILES string of the molecule is Fc1cccc(C(F)N2CC[N]CC2)c1. The summed E-state index contributed by atoms with van der Waals surface area (Å²) < 4.78 is 26.8. The lowest BCUT2D eigenvalue weighted by Crippen LogP contribution is -2.41. The van der Waals surface area contributed by atoms with Gasteiger partial charge in [0.05, 0.1) is 0 Å². The minimum absolute atomic E-state index is 0.386. The topological polar surface area (TPSA) is 17.3 Å². The summed E-state index contributed by atoms with van der Waals surface area (Å²) in [7, 11) is 0. The van der Waals surface area contributed by atoms with Crippen LogP contribution in [0.1, 0.15) is 11.9 Å². The van der Waals surface area contributed by atoms with E-state index in [2.05, 4.69) is 5.32 Å². The van der Waals surface area contributed by atoms with Gasteiger partial charge in [0.15, 0.2) is 6.30 Å². The Bertz CT molecular complexity index is 324. The van der Waals surface area contributed by atoms with Crippen molar-refractivity contribution in [1.29, 1.82) is 0 Å². The molecule has 4 heteroatoms. The number of hydrogen-bond donors (Lipinski definition) is 0. The number of nitrogens with zero attached hydrogens (tertiary/aromatic N) is 2. The molecule has 0 bridgehead atoms. The first kappa shape index (κ1) is 10.5. The molecule has 0 N–H and O–H groups in total. The third-order valence-electron chi connectivity index (χ3n) is 2.53. The van der Waals surface area contributed by atoms with E-state index in [4.69, 9.17) is 0 Å². The minimum Gasteiger partial charge on any atom is -0.268 e. The number of hydrogen-bond acceptors (Lipinski definition) is 1. The van der Waals surface area contributed by atoms with Gasteiger partial charge in [0.1, 0.15) is 5.82 Å². The van der Waals surface area contributed by atoms with E-state index in [0.717, 1.165) is 0 Å². The average Bonchev–Trinajstić information content (AvgIpc) is 2.29. The van der Waals surface area contributed by atoms with Crippen molar-refractivity contribution in [3.05, 3.63) is 35.6 Å². The van der Waals surface area contributed by atoms with Crippen LogP contribution in [0.2, 0.25) is 0 Å². The number of halogens is 2. The van der Waals surface area contributed by atoms with Gasteiger partial charge in [0.2, 0.25) is 0 Å². The molecule has 2 rings (SSSR count). The molecule has 81 valence electrons. The molecule has 0 amide bonds. The second-order valence-corrected chi connectivity index (χ2v) is 3.60. The molecule has 1 aromatic carbocycles. The van der Waals surface area contributed by atoms with Gasteiger partial charge in [-0.3, -0.25) is 4.90 Å². The Labute approximate surface area is 87.9 Å². The molecule has 2 nitrogen and oxygen atoms in total. The van der Waals surface area contributed by atoms with Crippen LogP contribution in [0.15, 0.2) is 24.3 Å². The predicted octanol–water partition coefficient (Wildman–Crippen LogP) is 1.71. The summed E-state index contributed by atoms with van der Waals surface area (Å²) in [6, 6.07) is 5.71. The van der Waals surface area contributed by atoms with Crippen LogP contribution in [0.5, 0.6) is 0 Å². The van der Waals surface area contributed by atoms with Crippen molar-refractivity contribution in [2.24, 2.45) is 0 Å². The van der Waals surface area contributed by atoms with Gasteiger partial charge in [0.25, 0.3) is 0 Å². The van der Waals surface area contributed by atoms with Crippen LogP contribution < -0.4 is 5.32 Å². The highest BCUT2D eigenvalue weighted by Gasteiger charge is 2.21. The Morgan fingerprint density at radius 3 is 2.67 bits per heavy atom. The van der Waals surface area contributed by atoms with E-state index in [1.807, 2.05) is 0 Å². The standard InChI is InChI=1S/C11H13F2N2/c12-10-3-1-2-9(8-10)11(13)15-6-4-14-5-7-15/h1-3,8,11H,4-7H2. The van der Waals surface area contributed by atoms with Gasteiger partial charge in [-0.05, 0) is 12.1 Å². The highest BCUT2D eigenvalue weighted by atomic mass is 19.1. The van der Waals surface area contributed by atoms with Crippen molar-refractivity contribution >= 4 is 0 Å². The fraction of sp³-hybridized carbons (Fsp3) is 0.455. The van der Waals surface area contributed by atoms with E-state index >= 15 is 0 Å². The number of benzene rings is 1. The third kappa shape index (κ3) is 2.52. The molecule has 0 aromatic heterocycles. The highest BCUT2D eigenvalue weighted by Crippen LogP contribution is 2.22. The van der Waals surface area contributed by atoms with E-state index in [0.29, 0.717) is 31.7 Å². The molecular formula is C11H13F2N2. The Kier molecular flexibility index (Phi) is 3.28. The molecule has 1 aliphatic heterocycles. The Morgan fingerprint density at radius 2 is 2.00 bits per heavy atom. The molecule has 1 aromatic rings. The van der Waals surface area contributed by atoms with E-state index < -0.39 is 12.1 Å². The molecule has 1 atom stereocenters. The first-order valence-corrected chi connectivity index (χ1v) is 5.04. The summed E-state index contributed by atoms with van der Waals surface area (Å²) >= 11 is 0. The van der Waals surface area contributed by atoms with Crippen LogP contribution in [-0.4, -0.2) is 31.1 Å². The summed E-state index contributed by atoms with van der Waals surface area (Å²) in [4.78, 5) is 1.68. The monoisotopic (exact) mass is 211 g/mol. The Hall–Kier alpha value is -1.00. The lowest BCUT2D eigenvalue weighted by atomic mass is 10.2. The maximum atomic E-state index is 13.9. The molecule has 1 saturated heterocycles. The lowest BCUT2D eigenvalue weighted by Gasteiger charge is -2.29. The van der Waals surface area contributed by atoms with Gasteiger partial charge in [-0.25, -0.2) is 14.1 Å². The number of piperazine rings is 1. The zero-order valence-corrected chi connectivity index (χ0v) is 8.37. The maximum absolute atomic E-state index is 13.9. The van der Waals surface area contributed by atoms with E-state index in [-0.39, 0.29) is 0 Å². The van der Waals surface area contributed by atoms with Crippen molar-refractivity contribution in [3.8, 4) is 0 Å². The van der Waals surface area contributed by atoms with Gasteiger partial charge < -0.3 is 0 Å². The molecule has 1 unspecified atom stereocenters. The van der Waals surface area contributed by atoms with Crippen molar-refractivity contribution in [2.45, 2.75) is 6.30 Å². The largest absolute Gasteiger partial charge is 0.268 e. The van der Waals surface area contributed by atoms with Crippen LogP contribution in [-0.2, 0) is 0 Å². The van der Waals surface area contributed by atoms with Gasteiger partial charge in [-0.1, -0.05) is 12.1 Å². The predicted molar refractivity (Wildman–Crippen MR) is 53.7 cm³/mol. The van der Waals surface area contributed by atoms with Crippen LogP contribution >= 0.6 is 0 Å².